The number of carbonyl (C=O) groups excluding carboxylic acids is 2. The second kappa shape index (κ2) is 8.77. The summed E-state index contributed by atoms with van der Waals surface area (Å²) >= 11 is 0. The molecule has 0 unspecified atom stereocenters. The minimum Gasteiger partial charge on any atom is -0.345 e. The largest absolute Gasteiger partial charge is 0.345 e. The van der Waals surface area contributed by atoms with E-state index in [0.717, 1.165) is 30.8 Å². The summed E-state index contributed by atoms with van der Waals surface area (Å²) in [5.41, 5.74) is 3.78. The summed E-state index contributed by atoms with van der Waals surface area (Å²) in [6.45, 7) is 5.49. The number of carbonyl (C=O) groups is 2. The summed E-state index contributed by atoms with van der Waals surface area (Å²) in [6.07, 6.45) is 3.82. The van der Waals surface area contributed by atoms with E-state index in [1.165, 1.54) is 24.8 Å². The second-order valence-electron chi connectivity index (χ2n) is 6.98. The molecule has 136 valence electrons. The lowest BCUT2D eigenvalue weighted by atomic mass is 10.0. The molecule has 2 aromatic carbocycles. The number of rotatable bonds is 6. The molecule has 1 fully saturated rings. The molecule has 26 heavy (non-hydrogen) atoms. The minimum absolute atomic E-state index is 0.375. The van der Waals surface area contributed by atoms with Gasteiger partial charge in [-0.05, 0) is 44.0 Å². The fourth-order valence-corrected chi connectivity index (χ4v) is 3.33. The van der Waals surface area contributed by atoms with Crippen LogP contribution in [0.1, 0.15) is 46.3 Å². The molecule has 0 atom stereocenters. The molecular formula is C22H26N2O2. The van der Waals surface area contributed by atoms with Crippen LogP contribution in [-0.2, 0) is 17.9 Å². The van der Waals surface area contributed by atoms with Crippen LogP contribution in [0.2, 0.25) is 0 Å². The van der Waals surface area contributed by atoms with Crippen molar-refractivity contribution in [3.8, 4) is 0 Å². The van der Waals surface area contributed by atoms with Gasteiger partial charge in [-0.15, -0.1) is 0 Å². The molecule has 1 saturated heterocycles. The fraction of sp³-hybridized carbons (Fsp3) is 0.364. The zero-order chi connectivity index (χ0) is 18.4. The third kappa shape index (κ3) is 4.79. The number of nitrogens with zero attached hydrogens (tertiary/aromatic N) is 1. The first-order valence-corrected chi connectivity index (χ1v) is 9.32. The summed E-state index contributed by atoms with van der Waals surface area (Å²) in [7, 11) is 0. The topological polar surface area (TPSA) is 49.4 Å². The van der Waals surface area contributed by atoms with Crippen LogP contribution in [0.3, 0.4) is 0 Å². The van der Waals surface area contributed by atoms with Gasteiger partial charge in [0.05, 0.1) is 0 Å². The zero-order valence-electron chi connectivity index (χ0n) is 15.3. The normalized spacial score (nSPS) is 14.8. The molecule has 4 heteroatoms. The quantitative estimate of drug-likeness (QED) is 0.641. The highest BCUT2D eigenvalue weighted by molar-refractivity contribution is 6.42. The van der Waals surface area contributed by atoms with Gasteiger partial charge in [0.25, 0.3) is 5.91 Å². The first kappa shape index (κ1) is 18.3. The third-order valence-corrected chi connectivity index (χ3v) is 4.92. The van der Waals surface area contributed by atoms with Crippen molar-refractivity contribution in [2.45, 2.75) is 39.3 Å². The van der Waals surface area contributed by atoms with E-state index < -0.39 is 11.7 Å². The molecular weight excluding hydrogens is 324 g/mol. The Morgan fingerprint density at radius 1 is 0.923 bits per heavy atom. The zero-order valence-corrected chi connectivity index (χ0v) is 15.3. The van der Waals surface area contributed by atoms with Crippen molar-refractivity contribution in [3.63, 3.8) is 0 Å². The van der Waals surface area contributed by atoms with Crippen molar-refractivity contribution < 1.29 is 9.59 Å². The lowest BCUT2D eigenvalue weighted by Crippen LogP contribution is -2.32. The van der Waals surface area contributed by atoms with Gasteiger partial charge in [-0.25, -0.2) is 0 Å². The van der Waals surface area contributed by atoms with E-state index in [1.807, 2.05) is 37.3 Å². The van der Waals surface area contributed by atoms with E-state index in [1.54, 1.807) is 12.1 Å². The van der Waals surface area contributed by atoms with E-state index >= 15 is 0 Å². The van der Waals surface area contributed by atoms with Crippen LogP contribution in [0, 0.1) is 6.92 Å². The Hall–Kier alpha value is -2.46. The Morgan fingerprint density at radius 2 is 1.58 bits per heavy atom. The minimum atomic E-state index is -0.554. The maximum absolute atomic E-state index is 12.3. The third-order valence-electron chi connectivity index (χ3n) is 4.92. The van der Waals surface area contributed by atoms with Crippen LogP contribution < -0.4 is 5.32 Å². The van der Waals surface area contributed by atoms with Gasteiger partial charge < -0.3 is 5.32 Å². The average molecular weight is 350 g/mol. The van der Waals surface area contributed by atoms with Gasteiger partial charge in [0.2, 0.25) is 5.78 Å². The number of nitrogens with one attached hydrogen (secondary N) is 1. The van der Waals surface area contributed by atoms with Crippen LogP contribution in [0.15, 0.2) is 48.5 Å². The van der Waals surface area contributed by atoms with E-state index in [0.29, 0.717) is 12.1 Å². The van der Waals surface area contributed by atoms with Crippen LogP contribution in [0.25, 0.3) is 0 Å². The van der Waals surface area contributed by atoms with Crippen LogP contribution >= 0.6 is 0 Å². The number of hydrogen-bond acceptors (Lipinski definition) is 3. The summed E-state index contributed by atoms with van der Waals surface area (Å²) in [5.74, 6) is -1.04. The molecule has 4 nitrogen and oxygen atoms in total. The highest BCUT2D eigenvalue weighted by Crippen LogP contribution is 2.16. The van der Waals surface area contributed by atoms with Crippen LogP contribution in [0.4, 0.5) is 0 Å². The van der Waals surface area contributed by atoms with Crippen molar-refractivity contribution in [1.29, 1.82) is 0 Å². The monoisotopic (exact) mass is 350 g/mol. The molecule has 3 rings (SSSR count). The van der Waals surface area contributed by atoms with Crippen LogP contribution in [0.5, 0.6) is 0 Å². The van der Waals surface area contributed by atoms with Gasteiger partial charge in [-0.1, -0.05) is 60.5 Å². The fourth-order valence-electron chi connectivity index (χ4n) is 3.33. The lowest BCUT2D eigenvalue weighted by Gasteiger charge is -2.27. The first-order chi connectivity index (χ1) is 12.6. The Bertz CT molecular complexity index is 762. The number of ketones is 1. The smallest absolute Gasteiger partial charge is 0.292 e. The van der Waals surface area contributed by atoms with Crippen molar-refractivity contribution in [2.24, 2.45) is 0 Å². The van der Waals surface area contributed by atoms with Crippen molar-refractivity contribution in [3.05, 3.63) is 70.8 Å². The van der Waals surface area contributed by atoms with Crippen LogP contribution in [-0.4, -0.2) is 29.7 Å². The Labute approximate surface area is 155 Å². The molecule has 0 aromatic heterocycles. The van der Waals surface area contributed by atoms with Crippen molar-refractivity contribution >= 4 is 11.7 Å². The summed E-state index contributed by atoms with van der Waals surface area (Å²) in [6, 6.07) is 15.2. The second-order valence-corrected chi connectivity index (χ2v) is 6.98. The van der Waals surface area contributed by atoms with Gasteiger partial charge in [0.15, 0.2) is 0 Å². The predicted octanol–water partition coefficient (Wildman–Crippen LogP) is 3.48. The van der Waals surface area contributed by atoms with Crippen molar-refractivity contribution in [2.75, 3.05) is 13.1 Å². The molecule has 1 N–H and O–H groups in total. The number of hydrogen-bond donors (Lipinski definition) is 1. The molecule has 2 aromatic rings. The van der Waals surface area contributed by atoms with E-state index in [9.17, 15) is 9.59 Å². The van der Waals surface area contributed by atoms with E-state index in [4.69, 9.17) is 0 Å². The van der Waals surface area contributed by atoms with Gasteiger partial charge in [0.1, 0.15) is 0 Å². The molecule has 1 aliphatic rings. The molecule has 0 bridgehead atoms. The number of amides is 1. The standard InChI is InChI=1S/C22H26N2O2/c1-17-9-11-18(12-10-17)21(25)22(26)23-15-19-7-3-4-8-20(19)16-24-13-5-2-6-14-24/h3-4,7-12H,2,5-6,13-16H2,1H3,(H,23,26). The maximum Gasteiger partial charge on any atom is 0.292 e. The average Bonchev–Trinajstić information content (AvgIpc) is 2.68. The Balaban J connectivity index is 1.61. The Morgan fingerprint density at radius 3 is 2.27 bits per heavy atom. The summed E-state index contributed by atoms with van der Waals surface area (Å²) in [5, 5.41) is 2.78. The molecule has 0 saturated carbocycles. The van der Waals surface area contributed by atoms with Gasteiger partial charge in [-0.2, -0.15) is 0 Å². The van der Waals surface area contributed by atoms with Gasteiger partial charge >= 0.3 is 0 Å². The number of piperidine rings is 1. The van der Waals surface area contributed by atoms with Gasteiger partial charge in [-0.3, -0.25) is 14.5 Å². The van der Waals surface area contributed by atoms with Gasteiger partial charge in [0, 0.05) is 18.7 Å². The molecule has 1 aliphatic heterocycles. The molecule has 0 radical (unpaired) electrons. The molecule has 1 amide bonds. The highest BCUT2D eigenvalue weighted by Gasteiger charge is 2.17. The first-order valence-electron chi connectivity index (χ1n) is 9.32. The number of benzene rings is 2. The van der Waals surface area contributed by atoms with Crippen molar-refractivity contribution in [1.82, 2.24) is 10.2 Å². The maximum atomic E-state index is 12.3. The molecule has 1 heterocycles. The predicted molar refractivity (Wildman–Crippen MR) is 103 cm³/mol. The molecule has 0 aliphatic carbocycles. The lowest BCUT2D eigenvalue weighted by molar-refractivity contribution is -0.117. The Kier molecular flexibility index (Phi) is 6.18. The molecule has 0 spiro atoms. The summed E-state index contributed by atoms with van der Waals surface area (Å²) < 4.78 is 0. The number of likely N-dealkylation sites (tertiary alicyclic amines) is 1. The van der Waals surface area contributed by atoms with E-state index in [-0.39, 0.29) is 0 Å². The summed E-state index contributed by atoms with van der Waals surface area (Å²) in [4.78, 5) is 27.0. The van der Waals surface area contributed by atoms with E-state index in [2.05, 4.69) is 16.3 Å². The number of Topliss-reactive ketones (excluding diaryl/α,β-unsaturated/α-hetero) is 1. The number of aryl methyl sites for hydroxylation is 1. The SMILES string of the molecule is Cc1ccc(C(=O)C(=O)NCc2ccccc2CN2CCCCC2)cc1. The highest BCUT2D eigenvalue weighted by atomic mass is 16.2.